The first-order valence-corrected chi connectivity index (χ1v) is 9.43. The lowest BCUT2D eigenvalue weighted by molar-refractivity contribution is -0.141. The van der Waals surface area contributed by atoms with Gasteiger partial charge in [0.05, 0.1) is 6.61 Å². The summed E-state index contributed by atoms with van der Waals surface area (Å²) in [4.78, 5) is 25.6. The van der Waals surface area contributed by atoms with Crippen LogP contribution in [0.25, 0.3) is 11.1 Å². The third kappa shape index (κ3) is 3.24. The summed E-state index contributed by atoms with van der Waals surface area (Å²) >= 11 is 0. The van der Waals surface area contributed by atoms with E-state index in [9.17, 15) is 14.7 Å². The van der Waals surface area contributed by atoms with Gasteiger partial charge in [0.25, 0.3) is 0 Å². The van der Waals surface area contributed by atoms with Gasteiger partial charge in [-0.15, -0.1) is 0 Å². The Bertz CT molecular complexity index is 851. The summed E-state index contributed by atoms with van der Waals surface area (Å²) in [5, 5.41) is 9.47. The Labute approximate surface area is 163 Å². The summed E-state index contributed by atoms with van der Waals surface area (Å²) in [5.74, 6) is -1.05. The summed E-state index contributed by atoms with van der Waals surface area (Å²) in [6, 6.07) is 15.4. The number of ether oxygens (including phenoxy) is 2. The van der Waals surface area contributed by atoms with Crippen LogP contribution in [0.15, 0.2) is 48.5 Å². The van der Waals surface area contributed by atoms with E-state index >= 15 is 0 Å². The first-order valence-electron chi connectivity index (χ1n) is 9.43. The SMILES string of the molecule is COC[C@@H]1C[C@@H](C(=O)O)N(C(=O)OCC2c3ccccc3-c3ccccc32)C1. The number of carbonyl (C=O) groups excluding carboxylic acids is 1. The molecule has 1 N–H and O–H groups in total. The Morgan fingerprint density at radius 3 is 2.21 bits per heavy atom. The van der Waals surface area contributed by atoms with Gasteiger partial charge in [-0.2, -0.15) is 0 Å². The fourth-order valence-corrected chi connectivity index (χ4v) is 4.39. The maximum absolute atomic E-state index is 12.7. The van der Waals surface area contributed by atoms with Gasteiger partial charge < -0.3 is 14.6 Å². The number of aliphatic carboxylic acids is 1. The molecule has 2 atom stereocenters. The molecule has 1 saturated heterocycles. The molecule has 0 unspecified atom stereocenters. The fraction of sp³-hybridized carbons (Fsp3) is 0.364. The summed E-state index contributed by atoms with van der Waals surface area (Å²) in [6.07, 6.45) is -0.194. The summed E-state index contributed by atoms with van der Waals surface area (Å²) < 4.78 is 10.7. The highest BCUT2D eigenvalue weighted by Gasteiger charge is 2.41. The van der Waals surface area contributed by atoms with Gasteiger partial charge in [-0.3, -0.25) is 4.90 Å². The molecule has 4 rings (SSSR count). The van der Waals surface area contributed by atoms with E-state index in [1.165, 1.54) is 4.90 Å². The van der Waals surface area contributed by atoms with E-state index < -0.39 is 18.1 Å². The van der Waals surface area contributed by atoms with E-state index in [0.29, 0.717) is 19.6 Å². The van der Waals surface area contributed by atoms with Crippen molar-refractivity contribution in [2.45, 2.75) is 18.4 Å². The van der Waals surface area contributed by atoms with Gasteiger partial charge in [0.2, 0.25) is 0 Å². The summed E-state index contributed by atoms with van der Waals surface area (Å²) in [5.41, 5.74) is 4.57. The zero-order valence-corrected chi connectivity index (χ0v) is 15.7. The Morgan fingerprint density at radius 1 is 1.04 bits per heavy atom. The molecule has 6 heteroatoms. The van der Waals surface area contributed by atoms with Crippen LogP contribution < -0.4 is 0 Å². The number of carboxylic acids is 1. The quantitative estimate of drug-likeness (QED) is 0.860. The molecular formula is C22H23NO5. The molecule has 0 bridgehead atoms. The number of amides is 1. The van der Waals surface area contributed by atoms with Crippen LogP contribution in [0.3, 0.4) is 0 Å². The van der Waals surface area contributed by atoms with Crippen molar-refractivity contribution in [1.29, 1.82) is 0 Å². The molecule has 146 valence electrons. The van der Waals surface area contributed by atoms with Crippen molar-refractivity contribution in [3.63, 3.8) is 0 Å². The number of hydrogen-bond donors (Lipinski definition) is 1. The molecule has 1 aliphatic carbocycles. The number of carboxylic acid groups (broad SMARTS) is 1. The third-order valence-electron chi connectivity index (χ3n) is 5.65. The molecule has 1 aliphatic heterocycles. The van der Waals surface area contributed by atoms with E-state index in [1.807, 2.05) is 24.3 Å². The smallest absolute Gasteiger partial charge is 0.410 e. The molecule has 1 heterocycles. The Morgan fingerprint density at radius 2 is 1.64 bits per heavy atom. The number of methoxy groups -OCH3 is 1. The van der Waals surface area contributed by atoms with E-state index in [0.717, 1.165) is 22.3 Å². The maximum atomic E-state index is 12.7. The molecule has 0 spiro atoms. The van der Waals surface area contributed by atoms with Crippen LogP contribution in [0.4, 0.5) is 4.79 Å². The predicted molar refractivity (Wildman–Crippen MR) is 103 cm³/mol. The zero-order chi connectivity index (χ0) is 19.7. The standard InChI is InChI=1S/C22H23NO5/c1-27-12-14-10-20(21(24)25)23(11-14)22(26)28-13-19-17-8-4-2-6-15(17)16-7-3-5-9-18(16)19/h2-9,14,19-20H,10-13H2,1H3,(H,24,25)/t14-,20+/m1/s1. The van der Waals surface area contributed by atoms with Crippen LogP contribution in [0, 0.1) is 5.92 Å². The minimum atomic E-state index is -1.01. The van der Waals surface area contributed by atoms with Crippen LogP contribution in [-0.2, 0) is 14.3 Å². The monoisotopic (exact) mass is 381 g/mol. The number of hydrogen-bond acceptors (Lipinski definition) is 4. The Kier molecular flexibility index (Phi) is 5.05. The number of benzene rings is 2. The average Bonchev–Trinajstić information content (AvgIpc) is 3.26. The van der Waals surface area contributed by atoms with Crippen molar-refractivity contribution in [2.24, 2.45) is 5.92 Å². The normalized spacial score (nSPS) is 20.7. The topological polar surface area (TPSA) is 76.1 Å². The molecule has 6 nitrogen and oxygen atoms in total. The second-order valence-electron chi connectivity index (χ2n) is 7.37. The molecule has 1 amide bonds. The van der Waals surface area contributed by atoms with Gasteiger partial charge in [-0.25, -0.2) is 9.59 Å². The highest BCUT2D eigenvalue weighted by molar-refractivity contribution is 5.81. The molecule has 28 heavy (non-hydrogen) atoms. The molecule has 1 fully saturated rings. The van der Waals surface area contributed by atoms with E-state index in [4.69, 9.17) is 9.47 Å². The predicted octanol–water partition coefficient (Wildman–Crippen LogP) is 3.36. The molecule has 2 aromatic rings. The van der Waals surface area contributed by atoms with E-state index in [-0.39, 0.29) is 18.4 Å². The van der Waals surface area contributed by atoms with Gasteiger partial charge in [0.1, 0.15) is 12.6 Å². The second kappa shape index (κ2) is 7.64. The van der Waals surface area contributed by atoms with E-state index in [2.05, 4.69) is 24.3 Å². The van der Waals surface area contributed by atoms with Crippen LogP contribution >= 0.6 is 0 Å². The lowest BCUT2D eigenvalue weighted by Crippen LogP contribution is -2.41. The van der Waals surface area contributed by atoms with Crippen molar-refractivity contribution >= 4 is 12.1 Å². The van der Waals surface area contributed by atoms with Crippen molar-refractivity contribution < 1.29 is 24.2 Å². The Hall–Kier alpha value is -2.86. The van der Waals surface area contributed by atoms with Crippen LogP contribution in [0.5, 0.6) is 0 Å². The highest BCUT2D eigenvalue weighted by Crippen LogP contribution is 2.44. The Balaban J connectivity index is 1.50. The van der Waals surface area contributed by atoms with Crippen molar-refractivity contribution in [3.8, 4) is 11.1 Å². The van der Waals surface area contributed by atoms with Gasteiger partial charge in [0.15, 0.2) is 0 Å². The van der Waals surface area contributed by atoms with Crippen LogP contribution in [-0.4, -0.2) is 55.0 Å². The molecule has 0 saturated carbocycles. The molecule has 0 aromatic heterocycles. The maximum Gasteiger partial charge on any atom is 0.410 e. The lowest BCUT2D eigenvalue weighted by Gasteiger charge is -2.22. The summed E-state index contributed by atoms with van der Waals surface area (Å²) in [6.45, 7) is 0.947. The largest absolute Gasteiger partial charge is 0.480 e. The highest BCUT2D eigenvalue weighted by atomic mass is 16.6. The minimum absolute atomic E-state index is 0.00609. The molecule has 2 aliphatic rings. The van der Waals surface area contributed by atoms with Gasteiger partial charge in [-0.05, 0) is 28.7 Å². The summed E-state index contributed by atoms with van der Waals surface area (Å²) in [7, 11) is 1.58. The first kappa shape index (κ1) is 18.5. The van der Waals surface area contributed by atoms with Gasteiger partial charge in [0, 0.05) is 25.5 Å². The zero-order valence-electron chi connectivity index (χ0n) is 15.7. The number of carbonyl (C=O) groups is 2. The minimum Gasteiger partial charge on any atom is -0.480 e. The van der Waals surface area contributed by atoms with Gasteiger partial charge in [-0.1, -0.05) is 48.5 Å². The fourth-order valence-electron chi connectivity index (χ4n) is 4.39. The van der Waals surface area contributed by atoms with Crippen molar-refractivity contribution in [3.05, 3.63) is 59.7 Å². The van der Waals surface area contributed by atoms with Crippen LogP contribution in [0.2, 0.25) is 0 Å². The average molecular weight is 381 g/mol. The first-order chi connectivity index (χ1) is 13.6. The molecule has 2 aromatic carbocycles. The molecular weight excluding hydrogens is 358 g/mol. The van der Waals surface area contributed by atoms with Gasteiger partial charge >= 0.3 is 12.1 Å². The number of rotatable bonds is 5. The number of fused-ring (bicyclic) bond motifs is 3. The van der Waals surface area contributed by atoms with E-state index in [1.54, 1.807) is 7.11 Å². The number of nitrogens with zero attached hydrogens (tertiary/aromatic N) is 1. The second-order valence-corrected chi connectivity index (χ2v) is 7.37. The van der Waals surface area contributed by atoms with Crippen LogP contribution in [0.1, 0.15) is 23.5 Å². The van der Waals surface area contributed by atoms with Crippen molar-refractivity contribution in [1.82, 2.24) is 4.90 Å². The third-order valence-corrected chi connectivity index (χ3v) is 5.65. The lowest BCUT2D eigenvalue weighted by atomic mass is 9.98. The number of likely N-dealkylation sites (tertiary alicyclic amines) is 1. The van der Waals surface area contributed by atoms with Crippen molar-refractivity contribution in [2.75, 3.05) is 26.9 Å². The molecule has 0 radical (unpaired) electrons.